The molecule has 1 amide bonds. The summed E-state index contributed by atoms with van der Waals surface area (Å²) in [6.07, 6.45) is 2.20. The minimum absolute atomic E-state index is 0.121. The van der Waals surface area contributed by atoms with Gasteiger partial charge in [-0.05, 0) is 25.7 Å². The van der Waals surface area contributed by atoms with E-state index in [-0.39, 0.29) is 17.9 Å². The zero-order chi connectivity index (χ0) is 13.8. The predicted molar refractivity (Wildman–Crippen MR) is 69.3 cm³/mol. The smallest absolute Gasteiger partial charge is 0.254 e. The Hall–Kier alpha value is -1.49. The van der Waals surface area contributed by atoms with Crippen molar-refractivity contribution in [2.45, 2.75) is 34.1 Å². The van der Waals surface area contributed by atoms with Crippen LogP contribution in [-0.2, 0) is 0 Å². The fourth-order valence-electron chi connectivity index (χ4n) is 1.61. The van der Waals surface area contributed by atoms with Gasteiger partial charge in [-0.25, -0.2) is 9.97 Å². The molecule has 0 radical (unpaired) electrons. The predicted octanol–water partition coefficient (Wildman–Crippen LogP) is 1.23. The number of aliphatic hydroxyl groups is 1. The quantitative estimate of drug-likeness (QED) is 0.825. The third-order valence-electron chi connectivity index (χ3n) is 2.86. The molecule has 0 bridgehead atoms. The van der Waals surface area contributed by atoms with E-state index in [4.69, 9.17) is 5.11 Å². The molecule has 0 aromatic carbocycles. The van der Waals surface area contributed by atoms with Crippen molar-refractivity contribution in [2.75, 3.05) is 13.2 Å². The van der Waals surface area contributed by atoms with E-state index in [1.165, 1.54) is 0 Å². The molecular weight excluding hydrogens is 230 g/mol. The molecule has 0 atom stereocenters. The van der Waals surface area contributed by atoms with Crippen LogP contribution in [-0.4, -0.2) is 34.1 Å². The Morgan fingerprint density at radius 1 is 1.44 bits per heavy atom. The molecule has 2 N–H and O–H groups in total. The SMILES string of the molecule is Cc1ncc(C(=O)NCC(C)(C)CCO)c(C)n1. The topological polar surface area (TPSA) is 75.1 Å². The zero-order valence-corrected chi connectivity index (χ0v) is 11.4. The lowest BCUT2D eigenvalue weighted by Gasteiger charge is -2.23. The summed E-state index contributed by atoms with van der Waals surface area (Å²) in [5.74, 6) is 0.489. The normalized spacial score (nSPS) is 11.4. The number of aryl methyl sites for hydroxylation is 2. The van der Waals surface area contributed by atoms with Gasteiger partial charge in [-0.15, -0.1) is 0 Å². The monoisotopic (exact) mass is 251 g/mol. The first-order valence-corrected chi connectivity index (χ1v) is 6.05. The number of carbonyl (C=O) groups excluding carboxylic acids is 1. The highest BCUT2D eigenvalue weighted by Crippen LogP contribution is 2.18. The molecular formula is C13H21N3O2. The van der Waals surface area contributed by atoms with Gasteiger partial charge in [-0.3, -0.25) is 4.79 Å². The Kier molecular flexibility index (Phi) is 4.78. The van der Waals surface area contributed by atoms with Crippen LogP contribution in [0.5, 0.6) is 0 Å². The van der Waals surface area contributed by atoms with Crippen molar-refractivity contribution in [2.24, 2.45) is 5.41 Å². The first-order chi connectivity index (χ1) is 8.35. The number of aromatic nitrogens is 2. The number of hydrogen-bond donors (Lipinski definition) is 2. The second-order valence-electron chi connectivity index (χ2n) is 5.24. The minimum Gasteiger partial charge on any atom is -0.396 e. The number of amides is 1. The van der Waals surface area contributed by atoms with Crippen LogP contribution < -0.4 is 5.32 Å². The molecule has 5 heteroatoms. The summed E-state index contributed by atoms with van der Waals surface area (Å²) in [6.45, 7) is 8.22. The van der Waals surface area contributed by atoms with Crippen molar-refractivity contribution in [3.63, 3.8) is 0 Å². The molecule has 0 aliphatic carbocycles. The highest BCUT2D eigenvalue weighted by atomic mass is 16.3. The maximum absolute atomic E-state index is 12.0. The van der Waals surface area contributed by atoms with Crippen LogP contribution in [0.2, 0.25) is 0 Å². The third kappa shape index (κ3) is 4.07. The second-order valence-corrected chi connectivity index (χ2v) is 5.24. The number of hydrogen-bond acceptors (Lipinski definition) is 4. The molecule has 5 nitrogen and oxygen atoms in total. The second kappa shape index (κ2) is 5.91. The summed E-state index contributed by atoms with van der Waals surface area (Å²) < 4.78 is 0. The van der Waals surface area contributed by atoms with Gasteiger partial charge in [-0.2, -0.15) is 0 Å². The lowest BCUT2D eigenvalue weighted by atomic mass is 9.89. The van der Waals surface area contributed by atoms with Gasteiger partial charge in [0.25, 0.3) is 5.91 Å². The van der Waals surface area contributed by atoms with Crippen molar-refractivity contribution >= 4 is 5.91 Å². The van der Waals surface area contributed by atoms with Crippen LogP contribution >= 0.6 is 0 Å². The van der Waals surface area contributed by atoms with E-state index in [0.29, 0.717) is 30.0 Å². The number of nitrogens with zero attached hydrogens (tertiary/aromatic N) is 2. The van der Waals surface area contributed by atoms with Crippen molar-refractivity contribution in [3.05, 3.63) is 23.3 Å². The minimum atomic E-state index is -0.168. The van der Waals surface area contributed by atoms with E-state index in [1.807, 2.05) is 13.8 Å². The Balaban J connectivity index is 2.66. The zero-order valence-electron chi connectivity index (χ0n) is 11.4. The highest BCUT2D eigenvalue weighted by Gasteiger charge is 2.19. The van der Waals surface area contributed by atoms with Gasteiger partial charge in [0.05, 0.1) is 11.3 Å². The van der Waals surface area contributed by atoms with Crippen molar-refractivity contribution in [3.8, 4) is 0 Å². The van der Waals surface area contributed by atoms with Crippen LogP contribution in [0.15, 0.2) is 6.20 Å². The lowest BCUT2D eigenvalue weighted by Crippen LogP contribution is -2.35. The van der Waals surface area contributed by atoms with E-state index < -0.39 is 0 Å². The molecule has 0 unspecified atom stereocenters. The maximum atomic E-state index is 12.0. The van der Waals surface area contributed by atoms with Gasteiger partial charge in [0.2, 0.25) is 0 Å². The molecule has 18 heavy (non-hydrogen) atoms. The van der Waals surface area contributed by atoms with Gasteiger partial charge < -0.3 is 10.4 Å². The van der Waals surface area contributed by atoms with E-state index >= 15 is 0 Å². The van der Waals surface area contributed by atoms with E-state index in [1.54, 1.807) is 20.0 Å². The molecule has 1 heterocycles. The summed E-state index contributed by atoms with van der Waals surface area (Å²) in [5.41, 5.74) is 1.06. The molecule has 0 saturated heterocycles. The number of carbonyl (C=O) groups is 1. The fourth-order valence-corrected chi connectivity index (χ4v) is 1.61. The molecule has 0 saturated carbocycles. The maximum Gasteiger partial charge on any atom is 0.254 e. The molecule has 0 spiro atoms. The number of aliphatic hydroxyl groups excluding tert-OH is 1. The van der Waals surface area contributed by atoms with Gasteiger partial charge >= 0.3 is 0 Å². The summed E-state index contributed by atoms with van der Waals surface area (Å²) in [5, 5.41) is 11.8. The summed E-state index contributed by atoms with van der Waals surface area (Å²) in [6, 6.07) is 0. The van der Waals surface area contributed by atoms with Gasteiger partial charge in [-0.1, -0.05) is 13.8 Å². The van der Waals surface area contributed by atoms with Crippen LogP contribution in [0.1, 0.15) is 42.1 Å². The molecule has 1 aromatic heterocycles. The molecule has 0 aliphatic heterocycles. The van der Waals surface area contributed by atoms with Gasteiger partial charge in [0.15, 0.2) is 0 Å². The Morgan fingerprint density at radius 2 is 2.11 bits per heavy atom. The molecule has 100 valence electrons. The van der Waals surface area contributed by atoms with Crippen LogP contribution in [0.4, 0.5) is 0 Å². The van der Waals surface area contributed by atoms with E-state index in [9.17, 15) is 4.79 Å². The Bertz CT molecular complexity index is 430. The van der Waals surface area contributed by atoms with Crippen molar-refractivity contribution in [1.82, 2.24) is 15.3 Å². The molecule has 1 rings (SSSR count). The van der Waals surface area contributed by atoms with Gasteiger partial charge in [0.1, 0.15) is 5.82 Å². The average Bonchev–Trinajstić information content (AvgIpc) is 2.26. The summed E-state index contributed by atoms with van der Waals surface area (Å²) in [7, 11) is 0. The fraction of sp³-hybridized carbons (Fsp3) is 0.615. The van der Waals surface area contributed by atoms with E-state index in [2.05, 4.69) is 15.3 Å². The Morgan fingerprint density at radius 3 is 2.67 bits per heavy atom. The standard InChI is InChI=1S/C13H21N3O2/c1-9-11(7-14-10(2)16-9)12(18)15-8-13(3,4)5-6-17/h7,17H,5-6,8H2,1-4H3,(H,15,18). The number of nitrogens with one attached hydrogen (secondary N) is 1. The third-order valence-corrected chi connectivity index (χ3v) is 2.86. The molecule has 1 aromatic rings. The summed E-state index contributed by atoms with van der Waals surface area (Å²) >= 11 is 0. The average molecular weight is 251 g/mol. The van der Waals surface area contributed by atoms with Crippen molar-refractivity contribution in [1.29, 1.82) is 0 Å². The lowest BCUT2D eigenvalue weighted by molar-refractivity contribution is 0.0926. The highest BCUT2D eigenvalue weighted by molar-refractivity contribution is 5.94. The first-order valence-electron chi connectivity index (χ1n) is 6.05. The van der Waals surface area contributed by atoms with Gasteiger partial charge in [0, 0.05) is 19.3 Å². The summed E-state index contributed by atoms with van der Waals surface area (Å²) in [4.78, 5) is 20.2. The van der Waals surface area contributed by atoms with E-state index in [0.717, 1.165) is 0 Å². The first kappa shape index (κ1) is 14.6. The van der Waals surface area contributed by atoms with Crippen LogP contribution in [0, 0.1) is 19.3 Å². The van der Waals surface area contributed by atoms with Crippen LogP contribution in [0.25, 0.3) is 0 Å². The molecule has 0 fully saturated rings. The molecule has 0 aliphatic rings. The Labute approximate surface area is 108 Å². The van der Waals surface area contributed by atoms with Crippen molar-refractivity contribution < 1.29 is 9.90 Å². The largest absolute Gasteiger partial charge is 0.396 e. The number of rotatable bonds is 5. The van der Waals surface area contributed by atoms with Crippen LogP contribution in [0.3, 0.4) is 0 Å².